The summed E-state index contributed by atoms with van der Waals surface area (Å²) >= 11 is 0. The molecular weight excluding hydrogens is 314 g/mol. The number of amides is 2. The van der Waals surface area contributed by atoms with E-state index in [1.54, 1.807) is 0 Å². The summed E-state index contributed by atoms with van der Waals surface area (Å²) in [6, 6.07) is 10.2. The maximum atomic E-state index is 13.3. The van der Waals surface area contributed by atoms with E-state index in [-0.39, 0.29) is 17.9 Å². The van der Waals surface area contributed by atoms with Crippen LogP contribution in [0.15, 0.2) is 30.3 Å². The first-order valence-electron chi connectivity index (χ1n) is 9.60. The Balaban J connectivity index is 1.47. The fourth-order valence-corrected chi connectivity index (χ4v) is 4.71. The van der Waals surface area contributed by atoms with Gasteiger partial charge in [0.2, 0.25) is 11.8 Å². The van der Waals surface area contributed by atoms with Crippen molar-refractivity contribution >= 4 is 11.8 Å². The lowest BCUT2D eigenvalue weighted by Gasteiger charge is -2.33. The number of rotatable bonds is 3. The van der Waals surface area contributed by atoms with Crippen LogP contribution < -0.4 is 5.32 Å². The molecular formula is C20H27N3O2. The van der Waals surface area contributed by atoms with Crippen molar-refractivity contribution in [3.63, 3.8) is 0 Å². The summed E-state index contributed by atoms with van der Waals surface area (Å²) in [5.74, 6) is 0.275. The zero-order valence-electron chi connectivity index (χ0n) is 14.7. The number of hydrogen-bond donors (Lipinski definition) is 1. The molecule has 3 aliphatic rings. The molecule has 134 valence electrons. The van der Waals surface area contributed by atoms with Crippen molar-refractivity contribution in [2.24, 2.45) is 0 Å². The van der Waals surface area contributed by atoms with Crippen molar-refractivity contribution in [3.8, 4) is 0 Å². The molecule has 3 fully saturated rings. The van der Waals surface area contributed by atoms with Crippen LogP contribution in [0.4, 0.5) is 0 Å². The fourth-order valence-electron chi connectivity index (χ4n) is 4.71. The second-order valence-electron chi connectivity index (χ2n) is 7.53. The normalized spacial score (nSPS) is 28.9. The van der Waals surface area contributed by atoms with Crippen molar-refractivity contribution < 1.29 is 9.59 Å². The van der Waals surface area contributed by atoms with Gasteiger partial charge in [-0.1, -0.05) is 30.3 Å². The van der Waals surface area contributed by atoms with Gasteiger partial charge in [-0.3, -0.25) is 9.59 Å². The summed E-state index contributed by atoms with van der Waals surface area (Å²) < 4.78 is 0. The zero-order chi connectivity index (χ0) is 17.2. The van der Waals surface area contributed by atoms with Gasteiger partial charge in [0.05, 0.1) is 6.42 Å². The van der Waals surface area contributed by atoms with Gasteiger partial charge in [0.15, 0.2) is 0 Å². The number of nitrogens with zero attached hydrogens (tertiary/aromatic N) is 2. The highest BCUT2D eigenvalue weighted by Gasteiger charge is 2.44. The molecule has 0 spiro atoms. The molecule has 1 N–H and O–H groups in total. The monoisotopic (exact) mass is 341 g/mol. The van der Waals surface area contributed by atoms with E-state index in [2.05, 4.69) is 10.2 Å². The Morgan fingerprint density at radius 3 is 2.68 bits per heavy atom. The van der Waals surface area contributed by atoms with E-state index in [0.717, 1.165) is 50.8 Å². The Bertz CT molecular complexity index is 619. The molecule has 0 aromatic heterocycles. The van der Waals surface area contributed by atoms with Gasteiger partial charge in [0.1, 0.15) is 6.04 Å². The van der Waals surface area contributed by atoms with E-state index in [9.17, 15) is 9.59 Å². The smallest absolute Gasteiger partial charge is 0.245 e. The molecule has 4 rings (SSSR count). The van der Waals surface area contributed by atoms with Crippen LogP contribution in [0.2, 0.25) is 0 Å². The Morgan fingerprint density at radius 1 is 1.04 bits per heavy atom. The van der Waals surface area contributed by atoms with E-state index in [1.165, 1.54) is 0 Å². The summed E-state index contributed by atoms with van der Waals surface area (Å²) in [5.41, 5.74) is 1.02. The van der Waals surface area contributed by atoms with Crippen LogP contribution in [-0.4, -0.2) is 59.4 Å². The molecule has 2 amide bonds. The molecule has 3 aliphatic heterocycles. The van der Waals surface area contributed by atoms with Gasteiger partial charge in [0, 0.05) is 25.2 Å². The Kier molecular flexibility index (Phi) is 4.75. The average Bonchev–Trinajstić information content (AvgIpc) is 3.19. The minimum Gasteiger partial charge on any atom is -0.334 e. The SMILES string of the molecule is O=C(Cc1ccccc1)N1CCCC1C(=O)N1C2CCNCC1CC2. The van der Waals surface area contributed by atoms with Gasteiger partial charge in [-0.2, -0.15) is 0 Å². The molecule has 5 heteroatoms. The maximum Gasteiger partial charge on any atom is 0.245 e. The first kappa shape index (κ1) is 16.6. The minimum absolute atomic E-state index is 0.0855. The molecule has 2 bridgehead atoms. The van der Waals surface area contributed by atoms with Gasteiger partial charge in [-0.15, -0.1) is 0 Å². The lowest BCUT2D eigenvalue weighted by molar-refractivity contribution is -0.145. The van der Waals surface area contributed by atoms with Gasteiger partial charge < -0.3 is 15.1 Å². The fraction of sp³-hybridized carbons (Fsp3) is 0.600. The van der Waals surface area contributed by atoms with Gasteiger partial charge in [-0.25, -0.2) is 0 Å². The summed E-state index contributed by atoms with van der Waals surface area (Å²) in [6.45, 7) is 2.60. The van der Waals surface area contributed by atoms with Crippen molar-refractivity contribution in [3.05, 3.63) is 35.9 Å². The largest absolute Gasteiger partial charge is 0.334 e. The van der Waals surface area contributed by atoms with Crippen molar-refractivity contribution in [2.45, 2.75) is 56.7 Å². The van der Waals surface area contributed by atoms with E-state index in [0.29, 0.717) is 25.0 Å². The standard InChI is InChI=1S/C20H27N3O2/c24-19(13-15-5-2-1-3-6-15)22-12-4-7-18(22)20(25)23-16-8-9-17(23)14-21-11-10-16/h1-3,5-6,16-18,21H,4,7-14H2. The van der Waals surface area contributed by atoms with E-state index in [1.807, 2.05) is 35.2 Å². The topological polar surface area (TPSA) is 52.7 Å². The number of fused-ring (bicyclic) bond motifs is 2. The Labute approximate surface area is 149 Å². The van der Waals surface area contributed by atoms with Gasteiger partial charge in [-0.05, 0) is 44.2 Å². The number of carbonyl (C=O) groups excluding carboxylic acids is 2. The van der Waals surface area contributed by atoms with Gasteiger partial charge >= 0.3 is 0 Å². The minimum atomic E-state index is -0.252. The quantitative estimate of drug-likeness (QED) is 0.908. The third-order valence-corrected chi connectivity index (χ3v) is 5.97. The van der Waals surface area contributed by atoms with Crippen molar-refractivity contribution in [2.75, 3.05) is 19.6 Å². The molecule has 0 saturated carbocycles. The van der Waals surface area contributed by atoms with Crippen LogP contribution in [0.25, 0.3) is 0 Å². The van der Waals surface area contributed by atoms with Crippen LogP contribution in [0, 0.1) is 0 Å². The average molecular weight is 341 g/mol. The lowest BCUT2D eigenvalue weighted by atomic mass is 10.1. The number of likely N-dealkylation sites (tertiary alicyclic amines) is 1. The highest BCUT2D eigenvalue weighted by Crippen LogP contribution is 2.31. The zero-order valence-corrected chi connectivity index (χ0v) is 14.7. The number of carbonyl (C=O) groups is 2. The summed E-state index contributed by atoms with van der Waals surface area (Å²) in [7, 11) is 0. The summed E-state index contributed by atoms with van der Waals surface area (Å²) in [4.78, 5) is 30.1. The highest BCUT2D eigenvalue weighted by atomic mass is 16.2. The predicted molar refractivity (Wildman–Crippen MR) is 96.0 cm³/mol. The molecule has 0 radical (unpaired) electrons. The van der Waals surface area contributed by atoms with Crippen LogP contribution in [0.3, 0.4) is 0 Å². The summed E-state index contributed by atoms with van der Waals surface area (Å²) in [6.07, 6.45) is 5.36. The predicted octanol–water partition coefficient (Wildman–Crippen LogP) is 1.57. The van der Waals surface area contributed by atoms with Crippen LogP contribution >= 0.6 is 0 Å². The number of nitrogens with one attached hydrogen (secondary N) is 1. The summed E-state index contributed by atoms with van der Waals surface area (Å²) in [5, 5.41) is 3.45. The second kappa shape index (κ2) is 7.16. The molecule has 25 heavy (non-hydrogen) atoms. The number of benzene rings is 1. The molecule has 1 aromatic rings. The Hall–Kier alpha value is -1.88. The molecule has 3 saturated heterocycles. The molecule has 5 nitrogen and oxygen atoms in total. The van der Waals surface area contributed by atoms with Crippen molar-refractivity contribution in [1.82, 2.24) is 15.1 Å². The molecule has 3 unspecified atom stereocenters. The Morgan fingerprint density at radius 2 is 1.84 bits per heavy atom. The van der Waals surface area contributed by atoms with Crippen LogP contribution in [0.1, 0.15) is 37.7 Å². The van der Waals surface area contributed by atoms with Crippen molar-refractivity contribution in [1.29, 1.82) is 0 Å². The van der Waals surface area contributed by atoms with E-state index >= 15 is 0 Å². The van der Waals surface area contributed by atoms with Gasteiger partial charge in [0.25, 0.3) is 0 Å². The van der Waals surface area contributed by atoms with Crippen LogP contribution in [0.5, 0.6) is 0 Å². The molecule has 0 aliphatic carbocycles. The maximum absolute atomic E-state index is 13.3. The highest BCUT2D eigenvalue weighted by molar-refractivity contribution is 5.89. The van der Waals surface area contributed by atoms with Crippen LogP contribution in [-0.2, 0) is 16.0 Å². The first-order valence-corrected chi connectivity index (χ1v) is 9.60. The lowest BCUT2D eigenvalue weighted by Crippen LogP contribution is -2.52. The molecule has 3 heterocycles. The second-order valence-corrected chi connectivity index (χ2v) is 7.53. The van der Waals surface area contributed by atoms with E-state index < -0.39 is 0 Å². The molecule has 1 aromatic carbocycles. The van der Waals surface area contributed by atoms with E-state index in [4.69, 9.17) is 0 Å². The number of hydrogen-bond acceptors (Lipinski definition) is 3. The molecule has 3 atom stereocenters. The first-order chi connectivity index (χ1) is 12.2. The third-order valence-electron chi connectivity index (χ3n) is 5.97. The third kappa shape index (κ3) is 3.30.